The third-order valence-corrected chi connectivity index (χ3v) is 7.04. The van der Waals surface area contributed by atoms with Crippen molar-refractivity contribution in [1.29, 1.82) is 0 Å². The quantitative estimate of drug-likeness (QED) is 0.858. The summed E-state index contributed by atoms with van der Waals surface area (Å²) >= 11 is 0. The summed E-state index contributed by atoms with van der Waals surface area (Å²) in [5.41, 5.74) is 1.68. The molecule has 1 saturated carbocycles. The number of aliphatic imine (C=N–C) groups is 1. The lowest BCUT2D eigenvalue weighted by atomic mass is 9.83. The van der Waals surface area contributed by atoms with Crippen LogP contribution in [0, 0.1) is 5.92 Å². The molecule has 2 aromatic carbocycles. The summed E-state index contributed by atoms with van der Waals surface area (Å²) in [7, 11) is -3.76. The van der Waals surface area contributed by atoms with Crippen LogP contribution in [0.3, 0.4) is 0 Å². The van der Waals surface area contributed by atoms with E-state index in [1.165, 1.54) is 24.6 Å². The largest absolute Gasteiger partial charge is 0.478 e. The Labute approximate surface area is 152 Å². The highest BCUT2D eigenvalue weighted by Crippen LogP contribution is 2.39. The monoisotopic (exact) mass is 369 g/mol. The van der Waals surface area contributed by atoms with Gasteiger partial charge < -0.3 is 5.11 Å². The van der Waals surface area contributed by atoms with Gasteiger partial charge in [0, 0.05) is 11.5 Å². The van der Waals surface area contributed by atoms with E-state index < -0.39 is 15.8 Å². The average Bonchev–Trinajstić information content (AvgIpc) is 2.75. The molecular formula is C20H19NO4S. The van der Waals surface area contributed by atoms with Crippen LogP contribution in [0.15, 0.2) is 57.2 Å². The molecular weight excluding hydrogens is 350 g/mol. The lowest BCUT2D eigenvalue weighted by Gasteiger charge is -2.24. The molecule has 1 aliphatic heterocycles. The predicted molar refractivity (Wildman–Crippen MR) is 98.1 cm³/mol. The van der Waals surface area contributed by atoms with Crippen molar-refractivity contribution in [3.8, 4) is 0 Å². The van der Waals surface area contributed by atoms with E-state index in [0.29, 0.717) is 5.56 Å². The molecule has 0 aromatic heterocycles. The molecule has 5 nitrogen and oxygen atoms in total. The SMILES string of the molecule is O=C(O)c1ccc2c(c1)N=C(C1CCCCC1)c1ccccc1S2(=O)=O. The Balaban J connectivity index is 2.00. The van der Waals surface area contributed by atoms with Gasteiger partial charge in [-0.2, -0.15) is 0 Å². The number of carboxylic acid groups (broad SMARTS) is 1. The van der Waals surface area contributed by atoms with Gasteiger partial charge in [0.25, 0.3) is 0 Å². The average molecular weight is 369 g/mol. The number of nitrogens with zero attached hydrogens (tertiary/aromatic N) is 1. The van der Waals surface area contributed by atoms with Crippen LogP contribution in [0.1, 0.15) is 48.0 Å². The Bertz CT molecular complexity index is 1020. The number of hydrogen-bond acceptors (Lipinski definition) is 4. The van der Waals surface area contributed by atoms with Crippen LogP contribution >= 0.6 is 0 Å². The third-order valence-electron chi connectivity index (χ3n) is 5.18. The molecule has 1 fully saturated rings. The van der Waals surface area contributed by atoms with Crippen LogP contribution in [0.4, 0.5) is 5.69 Å². The number of hydrogen-bond donors (Lipinski definition) is 1. The van der Waals surface area contributed by atoms with Crippen molar-refractivity contribution in [2.75, 3.05) is 0 Å². The highest BCUT2D eigenvalue weighted by Gasteiger charge is 2.32. The molecule has 0 radical (unpaired) electrons. The van der Waals surface area contributed by atoms with Crippen LogP contribution in [-0.4, -0.2) is 25.2 Å². The Morgan fingerprint density at radius 1 is 1.00 bits per heavy atom. The molecule has 2 aromatic rings. The number of fused-ring (bicyclic) bond motifs is 2. The van der Waals surface area contributed by atoms with Gasteiger partial charge >= 0.3 is 5.97 Å². The van der Waals surface area contributed by atoms with Gasteiger partial charge in [-0.3, -0.25) is 4.99 Å². The first-order valence-corrected chi connectivity index (χ1v) is 10.3. The maximum Gasteiger partial charge on any atom is 0.335 e. The summed E-state index contributed by atoms with van der Waals surface area (Å²) in [5, 5.41) is 9.28. The molecule has 1 heterocycles. The number of carbonyl (C=O) groups is 1. The molecule has 2 aliphatic rings. The van der Waals surface area contributed by atoms with Crippen molar-refractivity contribution in [2.45, 2.75) is 41.9 Å². The molecule has 0 unspecified atom stereocenters. The second-order valence-corrected chi connectivity index (χ2v) is 8.71. The normalized spacial score (nSPS) is 19.0. The second-order valence-electron chi connectivity index (χ2n) is 6.82. The highest BCUT2D eigenvalue weighted by atomic mass is 32.2. The molecule has 0 bridgehead atoms. The van der Waals surface area contributed by atoms with Crippen LogP contribution in [0.2, 0.25) is 0 Å². The van der Waals surface area contributed by atoms with Crippen molar-refractivity contribution in [3.05, 3.63) is 53.6 Å². The van der Waals surface area contributed by atoms with E-state index in [1.54, 1.807) is 12.1 Å². The van der Waals surface area contributed by atoms with Crippen molar-refractivity contribution in [3.63, 3.8) is 0 Å². The Kier molecular flexibility index (Phi) is 4.15. The van der Waals surface area contributed by atoms with Gasteiger partial charge in [0.2, 0.25) is 9.84 Å². The molecule has 1 aliphatic carbocycles. The lowest BCUT2D eigenvalue weighted by Crippen LogP contribution is -2.20. The van der Waals surface area contributed by atoms with Crippen molar-refractivity contribution < 1.29 is 18.3 Å². The molecule has 0 spiro atoms. The number of rotatable bonds is 2. The molecule has 1 N–H and O–H groups in total. The zero-order chi connectivity index (χ0) is 18.3. The summed E-state index contributed by atoms with van der Waals surface area (Å²) < 4.78 is 26.4. The zero-order valence-corrected chi connectivity index (χ0v) is 15.0. The van der Waals surface area contributed by atoms with E-state index in [4.69, 9.17) is 4.99 Å². The minimum absolute atomic E-state index is 0.0386. The van der Waals surface area contributed by atoms with Gasteiger partial charge in [-0.15, -0.1) is 0 Å². The number of sulfone groups is 1. The standard InChI is InChI=1S/C20H19NO4S/c22-20(23)14-10-11-18-16(12-14)21-19(13-6-2-1-3-7-13)15-8-4-5-9-17(15)26(18,24)25/h4-5,8-13H,1-3,6-7H2,(H,22,23). The summed E-state index contributed by atoms with van der Waals surface area (Å²) in [6, 6.07) is 11.0. The molecule has 0 atom stereocenters. The third kappa shape index (κ3) is 2.74. The van der Waals surface area contributed by atoms with E-state index in [9.17, 15) is 18.3 Å². The summed E-state index contributed by atoms with van der Waals surface area (Å²) in [6.45, 7) is 0. The minimum Gasteiger partial charge on any atom is -0.478 e. The number of carboxylic acids is 1. The van der Waals surface area contributed by atoms with E-state index in [1.807, 2.05) is 12.1 Å². The molecule has 0 amide bonds. The first kappa shape index (κ1) is 17.0. The predicted octanol–water partition coefficient (Wildman–Crippen LogP) is 4.23. The van der Waals surface area contributed by atoms with Crippen molar-refractivity contribution in [1.82, 2.24) is 0 Å². The minimum atomic E-state index is -3.76. The van der Waals surface area contributed by atoms with Gasteiger partial charge in [-0.05, 0) is 37.1 Å². The molecule has 6 heteroatoms. The highest BCUT2D eigenvalue weighted by molar-refractivity contribution is 7.91. The van der Waals surface area contributed by atoms with Crippen molar-refractivity contribution >= 4 is 27.2 Å². The fourth-order valence-electron chi connectivity index (χ4n) is 3.87. The number of aromatic carboxylic acids is 1. The van der Waals surface area contributed by atoms with Gasteiger partial charge in [0.05, 0.1) is 26.8 Å². The second kappa shape index (κ2) is 6.36. The fraction of sp³-hybridized carbons (Fsp3) is 0.300. The smallest absolute Gasteiger partial charge is 0.335 e. The first-order chi connectivity index (χ1) is 12.5. The Morgan fingerprint density at radius 3 is 2.46 bits per heavy atom. The van der Waals surface area contributed by atoms with Gasteiger partial charge in [0.15, 0.2) is 0 Å². The molecule has 26 heavy (non-hydrogen) atoms. The molecule has 4 rings (SSSR count). The van der Waals surface area contributed by atoms with Gasteiger partial charge in [-0.1, -0.05) is 37.5 Å². The van der Waals surface area contributed by atoms with E-state index in [2.05, 4.69) is 0 Å². The van der Waals surface area contributed by atoms with Gasteiger partial charge in [-0.25, -0.2) is 13.2 Å². The maximum absolute atomic E-state index is 13.2. The van der Waals surface area contributed by atoms with Crippen LogP contribution in [0.25, 0.3) is 0 Å². The maximum atomic E-state index is 13.2. The Morgan fingerprint density at radius 2 is 1.73 bits per heavy atom. The van der Waals surface area contributed by atoms with Crippen molar-refractivity contribution in [2.24, 2.45) is 10.9 Å². The molecule has 0 saturated heterocycles. The van der Waals surface area contributed by atoms with E-state index >= 15 is 0 Å². The first-order valence-electron chi connectivity index (χ1n) is 8.79. The summed E-state index contributed by atoms with van der Waals surface area (Å²) in [6.07, 6.45) is 5.33. The fourth-order valence-corrected chi connectivity index (χ4v) is 5.46. The van der Waals surface area contributed by atoms with Crippen LogP contribution in [-0.2, 0) is 9.84 Å². The topological polar surface area (TPSA) is 83.8 Å². The van der Waals surface area contributed by atoms with E-state index in [-0.39, 0.29) is 27.0 Å². The molecule has 134 valence electrons. The van der Waals surface area contributed by atoms with Gasteiger partial charge in [0.1, 0.15) is 0 Å². The van der Waals surface area contributed by atoms with E-state index in [0.717, 1.165) is 31.4 Å². The van der Waals surface area contributed by atoms with Crippen LogP contribution < -0.4 is 0 Å². The summed E-state index contributed by atoms with van der Waals surface area (Å²) in [5.74, 6) is -0.902. The number of benzene rings is 2. The van der Waals surface area contributed by atoms with Crippen LogP contribution in [0.5, 0.6) is 0 Å². The zero-order valence-electron chi connectivity index (χ0n) is 14.2. The Hall–Kier alpha value is -2.47. The lowest BCUT2D eigenvalue weighted by molar-refractivity contribution is 0.0697. The summed E-state index contributed by atoms with van der Waals surface area (Å²) in [4.78, 5) is 16.4.